The third-order valence-corrected chi connectivity index (χ3v) is 2.41. The van der Waals surface area contributed by atoms with Crippen molar-refractivity contribution >= 4 is 0 Å². The van der Waals surface area contributed by atoms with Crippen molar-refractivity contribution in [2.45, 2.75) is 40.0 Å². The highest BCUT2D eigenvalue weighted by Crippen LogP contribution is 2.27. The van der Waals surface area contributed by atoms with Crippen molar-refractivity contribution in [1.82, 2.24) is 4.90 Å². The van der Waals surface area contributed by atoms with E-state index >= 15 is 0 Å². The molecular formula is C10H23N. The van der Waals surface area contributed by atoms with Gasteiger partial charge >= 0.3 is 0 Å². The van der Waals surface area contributed by atoms with Crippen molar-refractivity contribution in [3.05, 3.63) is 0 Å². The van der Waals surface area contributed by atoms with Crippen LogP contribution >= 0.6 is 0 Å². The molecule has 0 aromatic carbocycles. The molecule has 0 fully saturated rings. The Balaban J connectivity index is 3.87. The molecule has 0 spiro atoms. The molecule has 0 aliphatic carbocycles. The van der Waals surface area contributed by atoms with Crippen LogP contribution in [0.3, 0.4) is 0 Å². The number of hydrogen-bond acceptors (Lipinski definition) is 1. The predicted octanol–water partition coefficient (Wildman–Crippen LogP) is 2.76. The van der Waals surface area contributed by atoms with Gasteiger partial charge in [0, 0.05) is 6.54 Å². The number of nitrogens with zero attached hydrogens (tertiary/aromatic N) is 1. The molecule has 1 atom stereocenters. The first-order valence-corrected chi connectivity index (χ1v) is 4.69. The van der Waals surface area contributed by atoms with Gasteiger partial charge in [-0.1, -0.05) is 27.2 Å². The number of rotatable bonds is 5. The fourth-order valence-electron chi connectivity index (χ4n) is 1.73. The second kappa shape index (κ2) is 4.76. The van der Waals surface area contributed by atoms with Crippen LogP contribution < -0.4 is 0 Å². The van der Waals surface area contributed by atoms with E-state index in [0.717, 1.165) is 0 Å². The van der Waals surface area contributed by atoms with Gasteiger partial charge in [0.15, 0.2) is 0 Å². The lowest BCUT2D eigenvalue weighted by Gasteiger charge is -2.31. The zero-order chi connectivity index (χ0) is 8.91. The summed E-state index contributed by atoms with van der Waals surface area (Å²) in [6, 6.07) is 0. The fourth-order valence-corrected chi connectivity index (χ4v) is 1.73. The molecule has 0 saturated carbocycles. The average Bonchev–Trinajstić information content (AvgIpc) is 1.87. The molecule has 0 aromatic heterocycles. The van der Waals surface area contributed by atoms with Gasteiger partial charge < -0.3 is 4.90 Å². The van der Waals surface area contributed by atoms with Crippen LogP contribution in [0, 0.1) is 5.41 Å². The van der Waals surface area contributed by atoms with E-state index in [0.29, 0.717) is 5.41 Å². The minimum Gasteiger partial charge on any atom is -0.309 e. The van der Waals surface area contributed by atoms with E-state index in [2.05, 4.69) is 39.8 Å². The standard InChI is InChI=1S/C10H23N/c1-6-8-10(3,7-2)9-11(4)5/h6-9H2,1-5H3. The molecule has 0 radical (unpaired) electrons. The Morgan fingerprint density at radius 2 is 1.73 bits per heavy atom. The highest BCUT2D eigenvalue weighted by molar-refractivity contribution is 4.74. The Morgan fingerprint density at radius 3 is 2.00 bits per heavy atom. The Bertz CT molecular complexity index is 99.0. The second-order valence-corrected chi connectivity index (χ2v) is 4.15. The van der Waals surface area contributed by atoms with E-state index in [9.17, 15) is 0 Å². The molecular weight excluding hydrogens is 134 g/mol. The molecule has 0 saturated heterocycles. The molecule has 0 aliphatic rings. The molecule has 68 valence electrons. The summed E-state index contributed by atoms with van der Waals surface area (Å²) >= 11 is 0. The first-order valence-electron chi connectivity index (χ1n) is 4.69. The largest absolute Gasteiger partial charge is 0.309 e. The predicted molar refractivity (Wildman–Crippen MR) is 51.9 cm³/mol. The lowest BCUT2D eigenvalue weighted by atomic mass is 9.82. The van der Waals surface area contributed by atoms with Crippen LogP contribution in [0.1, 0.15) is 40.0 Å². The molecule has 0 amide bonds. The van der Waals surface area contributed by atoms with E-state index in [1.807, 2.05) is 0 Å². The van der Waals surface area contributed by atoms with E-state index in [1.165, 1.54) is 25.8 Å². The van der Waals surface area contributed by atoms with Crippen LogP contribution in [0.4, 0.5) is 0 Å². The smallest absolute Gasteiger partial charge is 0.00291 e. The fraction of sp³-hybridized carbons (Fsp3) is 1.00. The molecule has 0 heterocycles. The lowest BCUT2D eigenvalue weighted by Crippen LogP contribution is -2.30. The Kier molecular flexibility index (Phi) is 4.74. The minimum absolute atomic E-state index is 0.540. The first kappa shape index (κ1) is 11.0. The van der Waals surface area contributed by atoms with Crippen LogP contribution in [-0.2, 0) is 0 Å². The van der Waals surface area contributed by atoms with Crippen molar-refractivity contribution in [3.8, 4) is 0 Å². The van der Waals surface area contributed by atoms with E-state index in [4.69, 9.17) is 0 Å². The van der Waals surface area contributed by atoms with Gasteiger partial charge in [-0.15, -0.1) is 0 Å². The normalized spacial score (nSPS) is 16.9. The minimum atomic E-state index is 0.540. The summed E-state index contributed by atoms with van der Waals surface area (Å²) in [7, 11) is 4.31. The van der Waals surface area contributed by atoms with E-state index in [-0.39, 0.29) is 0 Å². The van der Waals surface area contributed by atoms with Crippen molar-refractivity contribution in [1.29, 1.82) is 0 Å². The molecule has 1 unspecified atom stereocenters. The Labute approximate surface area is 71.8 Å². The zero-order valence-electron chi connectivity index (χ0n) is 8.78. The maximum Gasteiger partial charge on any atom is 0.00291 e. The molecule has 11 heavy (non-hydrogen) atoms. The summed E-state index contributed by atoms with van der Waals surface area (Å²) in [5, 5.41) is 0. The van der Waals surface area contributed by atoms with E-state index in [1.54, 1.807) is 0 Å². The van der Waals surface area contributed by atoms with Crippen molar-refractivity contribution in [3.63, 3.8) is 0 Å². The van der Waals surface area contributed by atoms with Gasteiger partial charge in [0.1, 0.15) is 0 Å². The topological polar surface area (TPSA) is 3.24 Å². The lowest BCUT2D eigenvalue weighted by molar-refractivity contribution is 0.194. The molecule has 0 rings (SSSR count). The maximum absolute atomic E-state index is 2.39. The SMILES string of the molecule is CCCC(C)(CC)CN(C)C. The molecule has 0 aliphatic heterocycles. The summed E-state index contributed by atoms with van der Waals surface area (Å²) < 4.78 is 0. The van der Waals surface area contributed by atoms with Crippen LogP contribution in [0.2, 0.25) is 0 Å². The van der Waals surface area contributed by atoms with Crippen LogP contribution in [0.15, 0.2) is 0 Å². The van der Waals surface area contributed by atoms with Crippen LogP contribution in [0.25, 0.3) is 0 Å². The molecule has 1 nitrogen and oxygen atoms in total. The summed E-state index contributed by atoms with van der Waals surface area (Å²) in [4.78, 5) is 2.29. The first-order chi connectivity index (χ1) is 5.04. The highest BCUT2D eigenvalue weighted by atomic mass is 15.1. The van der Waals surface area contributed by atoms with Crippen molar-refractivity contribution in [2.75, 3.05) is 20.6 Å². The van der Waals surface area contributed by atoms with Crippen molar-refractivity contribution in [2.24, 2.45) is 5.41 Å². The van der Waals surface area contributed by atoms with Gasteiger partial charge in [-0.3, -0.25) is 0 Å². The Morgan fingerprint density at radius 1 is 1.18 bits per heavy atom. The Hall–Kier alpha value is -0.0400. The molecule has 0 aromatic rings. The monoisotopic (exact) mass is 157 g/mol. The second-order valence-electron chi connectivity index (χ2n) is 4.15. The highest BCUT2D eigenvalue weighted by Gasteiger charge is 2.21. The third kappa shape index (κ3) is 4.41. The van der Waals surface area contributed by atoms with Gasteiger partial charge in [-0.2, -0.15) is 0 Å². The van der Waals surface area contributed by atoms with Gasteiger partial charge in [0.25, 0.3) is 0 Å². The molecule has 0 N–H and O–H groups in total. The average molecular weight is 157 g/mol. The van der Waals surface area contributed by atoms with E-state index < -0.39 is 0 Å². The molecule has 1 heteroatoms. The summed E-state index contributed by atoms with van der Waals surface area (Å²) in [6.45, 7) is 8.16. The zero-order valence-corrected chi connectivity index (χ0v) is 8.78. The number of hydrogen-bond donors (Lipinski definition) is 0. The van der Waals surface area contributed by atoms with Gasteiger partial charge in [0.05, 0.1) is 0 Å². The quantitative estimate of drug-likeness (QED) is 0.593. The van der Waals surface area contributed by atoms with Crippen LogP contribution in [0.5, 0.6) is 0 Å². The maximum atomic E-state index is 2.39. The summed E-state index contributed by atoms with van der Waals surface area (Å²) in [5.74, 6) is 0. The molecule has 0 bridgehead atoms. The van der Waals surface area contributed by atoms with Crippen molar-refractivity contribution < 1.29 is 0 Å². The van der Waals surface area contributed by atoms with Gasteiger partial charge in [0.2, 0.25) is 0 Å². The summed E-state index contributed by atoms with van der Waals surface area (Å²) in [6.07, 6.45) is 3.94. The van der Waals surface area contributed by atoms with Crippen LogP contribution in [-0.4, -0.2) is 25.5 Å². The van der Waals surface area contributed by atoms with Gasteiger partial charge in [-0.05, 0) is 32.4 Å². The third-order valence-electron chi connectivity index (χ3n) is 2.41. The van der Waals surface area contributed by atoms with Gasteiger partial charge in [-0.25, -0.2) is 0 Å². The summed E-state index contributed by atoms with van der Waals surface area (Å²) in [5.41, 5.74) is 0.540.